The lowest BCUT2D eigenvalue weighted by Gasteiger charge is -2.42. The molecule has 0 aromatic heterocycles. The van der Waals surface area contributed by atoms with Crippen LogP contribution in [0, 0.1) is 0 Å². The summed E-state index contributed by atoms with van der Waals surface area (Å²) >= 11 is 0. The number of carbonyl (C=O) groups excluding carboxylic acids is 1. The highest BCUT2D eigenvalue weighted by Crippen LogP contribution is 2.64. The summed E-state index contributed by atoms with van der Waals surface area (Å²) in [5, 5.41) is 0. The Kier molecular flexibility index (Phi) is 11.1. The van der Waals surface area contributed by atoms with E-state index in [0.717, 1.165) is 0 Å². The molecule has 0 aliphatic carbocycles. The first-order valence-corrected chi connectivity index (χ1v) is 12.9. The minimum absolute atomic E-state index is 0.0407. The van der Waals surface area contributed by atoms with Crippen LogP contribution < -0.4 is 4.74 Å². The van der Waals surface area contributed by atoms with E-state index in [1.807, 2.05) is 0 Å². The fourth-order valence-electron chi connectivity index (χ4n) is 3.75. The molecule has 0 fully saturated rings. The summed E-state index contributed by atoms with van der Waals surface area (Å²) in [6, 6.07) is 11.7. The van der Waals surface area contributed by atoms with E-state index in [1.54, 1.807) is 19.1 Å². The van der Waals surface area contributed by atoms with Crippen molar-refractivity contribution in [3.63, 3.8) is 0 Å². The number of benzene rings is 2. The minimum atomic E-state index is -8.64. The van der Waals surface area contributed by atoms with Crippen molar-refractivity contribution in [2.75, 3.05) is 13.2 Å². The van der Waals surface area contributed by atoms with E-state index in [4.69, 9.17) is 9.47 Å². The summed E-state index contributed by atoms with van der Waals surface area (Å²) in [5.41, 5.74) is 1.46. The lowest BCUT2D eigenvalue weighted by atomic mass is 9.88. The zero-order valence-corrected chi connectivity index (χ0v) is 23.3. The minimum Gasteiger partial charge on any atom is -0.494 e. The number of rotatable bonds is 15. The molecule has 20 heteroatoms. The van der Waals surface area contributed by atoms with Crippen LogP contribution in [-0.4, -0.2) is 66.8 Å². The molecule has 0 amide bonds. The molecule has 0 aliphatic rings. The zero-order chi connectivity index (χ0) is 36.5. The van der Waals surface area contributed by atoms with Gasteiger partial charge in [-0.05, 0) is 55.2 Å². The van der Waals surface area contributed by atoms with Gasteiger partial charge in [-0.1, -0.05) is 24.3 Å². The number of hydrogen-bond acceptors (Lipinski definition) is 3. The van der Waals surface area contributed by atoms with Crippen molar-refractivity contribution >= 4 is 5.97 Å². The van der Waals surface area contributed by atoms with Gasteiger partial charge in [0.15, 0.2) is 0 Å². The molecule has 0 aliphatic heterocycles. The van der Waals surface area contributed by atoms with Crippen LogP contribution in [0.3, 0.4) is 0 Å². The molecule has 2 aromatic carbocycles. The Balaban J connectivity index is 2.07. The average molecular weight is 716 g/mol. The monoisotopic (exact) mass is 716 g/mol. The maximum absolute atomic E-state index is 14.0. The normalized spacial score (nSPS) is 14.3. The summed E-state index contributed by atoms with van der Waals surface area (Å²) in [4.78, 5) is 11.7. The maximum Gasteiger partial charge on any atom is 0.460 e. The topological polar surface area (TPSA) is 35.5 Å². The number of esters is 1. The van der Waals surface area contributed by atoms with Gasteiger partial charge in [0.25, 0.3) is 0 Å². The Morgan fingerprint density at radius 2 is 0.957 bits per heavy atom. The van der Waals surface area contributed by atoms with Crippen LogP contribution in [0.4, 0.5) is 74.6 Å². The fraction of sp³-hybridized carbons (Fsp3) is 0.519. The molecule has 2 rings (SSSR count). The largest absolute Gasteiger partial charge is 0.494 e. The predicted octanol–water partition coefficient (Wildman–Crippen LogP) is 10.1. The highest BCUT2D eigenvalue weighted by molar-refractivity contribution is 5.90. The van der Waals surface area contributed by atoms with Crippen LogP contribution in [0.25, 0.3) is 11.1 Å². The lowest BCUT2D eigenvalue weighted by Crippen LogP contribution is -2.74. The van der Waals surface area contributed by atoms with E-state index in [1.165, 1.54) is 36.4 Å². The first-order chi connectivity index (χ1) is 21.1. The Morgan fingerprint density at radius 1 is 0.553 bits per heavy atom. The molecule has 0 radical (unpaired) electrons. The van der Waals surface area contributed by atoms with Crippen molar-refractivity contribution in [2.24, 2.45) is 0 Å². The van der Waals surface area contributed by atoms with Crippen molar-refractivity contribution in [3.05, 3.63) is 54.1 Å². The summed E-state index contributed by atoms with van der Waals surface area (Å²) in [5.74, 6) is -56.8. The van der Waals surface area contributed by atoms with E-state index >= 15 is 0 Å². The molecule has 0 atom stereocenters. The first kappa shape index (κ1) is 39.7. The Labute approximate surface area is 253 Å². The van der Waals surface area contributed by atoms with Gasteiger partial charge in [0.2, 0.25) is 0 Å². The van der Waals surface area contributed by atoms with Crippen LogP contribution in [0.2, 0.25) is 0 Å². The molecular formula is C27H21F17O3. The molecule has 0 saturated carbocycles. The molecule has 0 saturated heterocycles. The number of unbranched alkanes of at least 4 members (excludes halogenated alkanes) is 1. The fourth-order valence-corrected chi connectivity index (χ4v) is 3.75. The molecule has 47 heavy (non-hydrogen) atoms. The van der Waals surface area contributed by atoms with Crippen molar-refractivity contribution in [3.8, 4) is 16.9 Å². The van der Waals surface area contributed by atoms with Gasteiger partial charge >= 0.3 is 53.6 Å². The molecule has 266 valence electrons. The van der Waals surface area contributed by atoms with Gasteiger partial charge < -0.3 is 9.47 Å². The molecular weight excluding hydrogens is 695 g/mol. The van der Waals surface area contributed by atoms with Crippen LogP contribution in [0.15, 0.2) is 48.5 Å². The smallest absolute Gasteiger partial charge is 0.460 e. The maximum atomic E-state index is 14.0. The van der Waals surface area contributed by atoms with Gasteiger partial charge in [-0.25, -0.2) is 4.79 Å². The second-order valence-corrected chi connectivity index (χ2v) is 9.78. The van der Waals surface area contributed by atoms with Crippen molar-refractivity contribution in [1.82, 2.24) is 0 Å². The molecule has 3 nitrogen and oxygen atoms in total. The van der Waals surface area contributed by atoms with Crippen LogP contribution >= 0.6 is 0 Å². The van der Waals surface area contributed by atoms with E-state index in [0.29, 0.717) is 11.1 Å². The zero-order valence-electron chi connectivity index (χ0n) is 23.3. The lowest BCUT2D eigenvalue weighted by molar-refractivity contribution is -0.461. The van der Waals surface area contributed by atoms with Crippen molar-refractivity contribution in [1.29, 1.82) is 0 Å². The summed E-state index contributed by atoms with van der Waals surface area (Å²) < 4.78 is 237. The number of ether oxygens (including phenoxy) is 2. The molecule has 0 heterocycles. The van der Waals surface area contributed by atoms with Crippen LogP contribution in [0.5, 0.6) is 5.75 Å². The Bertz CT molecular complexity index is 1350. The summed E-state index contributed by atoms with van der Waals surface area (Å²) in [6.45, 7) is 1.15. The van der Waals surface area contributed by atoms with Gasteiger partial charge in [0.1, 0.15) is 5.75 Å². The SMILES string of the molecule is CCOC(=O)c1ccc(-c2ccc(OCCCCC(F)(F)C(F)(F)C(F)(F)C(F)(F)C(F)(F)C(F)(F)C(F)(F)C(F)(F)F)cc2)cc1. The van der Waals surface area contributed by atoms with Crippen molar-refractivity contribution < 1.29 is 88.9 Å². The number of carbonyl (C=O) groups is 1. The molecule has 0 bridgehead atoms. The summed E-state index contributed by atoms with van der Waals surface area (Å²) in [6.07, 6.45) is -12.3. The number of hydrogen-bond donors (Lipinski definition) is 0. The molecule has 0 unspecified atom stereocenters. The van der Waals surface area contributed by atoms with Gasteiger partial charge in [0.05, 0.1) is 18.8 Å². The van der Waals surface area contributed by atoms with E-state index < -0.39 is 79.5 Å². The van der Waals surface area contributed by atoms with Gasteiger partial charge in [-0.3, -0.25) is 0 Å². The van der Waals surface area contributed by atoms with Gasteiger partial charge in [-0.2, -0.15) is 74.6 Å². The predicted molar refractivity (Wildman–Crippen MR) is 128 cm³/mol. The molecule has 0 spiro atoms. The number of halogens is 17. The average Bonchev–Trinajstić information content (AvgIpc) is 2.96. The Morgan fingerprint density at radius 3 is 1.38 bits per heavy atom. The van der Waals surface area contributed by atoms with E-state index in [-0.39, 0.29) is 17.9 Å². The second kappa shape index (κ2) is 13.2. The quantitative estimate of drug-likeness (QED) is 0.105. The highest BCUT2D eigenvalue weighted by atomic mass is 19.4. The highest BCUT2D eigenvalue weighted by Gasteiger charge is 2.95. The summed E-state index contributed by atoms with van der Waals surface area (Å²) in [7, 11) is 0. The Hall–Kier alpha value is -3.48. The second-order valence-electron chi connectivity index (χ2n) is 9.78. The van der Waals surface area contributed by atoms with Crippen LogP contribution in [0.1, 0.15) is 36.5 Å². The molecule has 2 aromatic rings. The van der Waals surface area contributed by atoms with E-state index in [2.05, 4.69) is 0 Å². The standard InChI is InChI=1S/C27H21F17O3/c1-2-46-19(45)17-7-5-15(6-8-17)16-9-11-18(12-10-16)47-14-4-3-13-20(28,29)21(30,31)22(32,33)23(34,35)24(36,37)25(38,39)26(40,41)27(42,43)44/h5-12H,2-4,13-14H2,1H3. The van der Waals surface area contributed by atoms with Crippen LogP contribution in [-0.2, 0) is 4.74 Å². The third-order valence-corrected chi connectivity index (χ3v) is 6.52. The van der Waals surface area contributed by atoms with Gasteiger partial charge in [-0.15, -0.1) is 0 Å². The van der Waals surface area contributed by atoms with Gasteiger partial charge in [0, 0.05) is 6.42 Å². The first-order valence-electron chi connectivity index (χ1n) is 12.9. The number of alkyl halides is 17. The third-order valence-electron chi connectivity index (χ3n) is 6.52. The van der Waals surface area contributed by atoms with Crippen molar-refractivity contribution in [2.45, 2.75) is 73.8 Å². The molecule has 0 N–H and O–H groups in total. The van der Waals surface area contributed by atoms with E-state index in [9.17, 15) is 79.4 Å². The third kappa shape index (κ3) is 7.05.